The molecule has 4 aliphatic rings. The summed E-state index contributed by atoms with van der Waals surface area (Å²) >= 11 is 0. The Labute approximate surface area is 187 Å². The van der Waals surface area contributed by atoms with Crippen LogP contribution in [0.25, 0.3) is 10.9 Å². The van der Waals surface area contributed by atoms with Crippen LogP contribution in [-0.2, 0) is 11.3 Å². The summed E-state index contributed by atoms with van der Waals surface area (Å²) < 4.78 is 25.0. The molecule has 0 radical (unpaired) electrons. The number of nitrogens with zero attached hydrogens (tertiary/aromatic N) is 1. The van der Waals surface area contributed by atoms with Gasteiger partial charge < -0.3 is 19.4 Å². The monoisotopic (exact) mass is 441 g/mol. The van der Waals surface area contributed by atoms with Crippen molar-refractivity contribution in [3.8, 4) is 5.75 Å². The first-order valence-electron chi connectivity index (χ1n) is 11.7. The molecule has 1 amide bonds. The number of carbonyl (C=O) groups is 1. The number of carbonyl (C=O) groups excluding carboxylic acids is 1. The minimum absolute atomic E-state index is 0.0225. The largest absolute Gasteiger partial charge is 0.495 e. The van der Waals surface area contributed by atoms with Gasteiger partial charge in [0.25, 0.3) is 5.91 Å². The number of hydrogen-bond acceptors (Lipinski definition) is 4. The Morgan fingerprint density at radius 3 is 2.47 bits per heavy atom. The number of methoxy groups -OCH3 is 1. The van der Waals surface area contributed by atoms with E-state index < -0.39 is 6.67 Å². The fraction of sp³-hybridized carbons (Fsp3) is 0.600. The first-order chi connectivity index (χ1) is 15.5. The van der Waals surface area contributed by atoms with Crippen LogP contribution in [0.3, 0.4) is 0 Å². The molecule has 32 heavy (non-hydrogen) atoms. The van der Waals surface area contributed by atoms with Gasteiger partial charge in [-0.25, -0.2) is 4.39 Å². The Hall–Kier alpha value is -2.41. The molecule has 1 aromatic carbocycles. The first kappa shape index (κ1) is 21.4. The molecule has 4 saturated carbocycles. The second-order valence-electron chi connectivity index (χ2n) is 9.88. The second kappa shape index (κ2) is 8.50. The third kappa shape index (κ3) is 3.81. The van der Waals surface area contributed by atoms with Crippen molar-refractivity contribution in [3.05, 3.63) is 40.2 Å². The van der Waals surface area contributed by atoms with E-state index in [4.69, 9.17) is 9.47 Å². The van der Waals surface area contributed by atoms with Gasteiger partial charge in [-0.05, 0) is 68.4 Å². The van der Waals surface area contributed by atoms with Crippen molar-refractivity contribution in [1.29, 1.82) is 0 Å². The molecule has 1 heterocycles. The number of alkyl halides is 1. The summed E-state index contributed by atoms with van der Waals surface area (Å²) in [5.41, 5.74) is 0.306. The van der Waals surface area contributed by atoms with E-state index in [-0.39, 0.29) is 35.7 Å². The zero-order valence-corrected chi connectivity index (χ0v) is 18.6. The molecule has 4 aliphatic carbocycles. The van der Waals surface area contributed by atoms with Crippen molar-refractivity contribution < 1.29 is 18.7 Å². The lowest BCUT2D eigenvalue weighted by Gasteiger charge is -2.56. The number of hydrogen-bond donors (Lipinski definition) is 1. The van der Waals surface area contributed by atoms with Crippen molar-refractivity contribution >= 4 is 16.8 Å². The lowest BCUT2D eigenvalue weighted by atomic mass is 9.53. The molecular formula is C25H31FN2O4. The number of para-hydroxylation sites is 1. The molecule has 6 nitrogen and oxygen atoms in total. The Morgan fingerprint density at radius 2 is 1.84 bits per heavy atom. The highest BCUT2D eigenvalue weighted by atomic mass is 18.2. The molecule has 1 aromatic heterocycles. The predicted molar refractivity (Wildman–Crippen MR) is 120 cm³/mol. The van der Waals surface area contributed by atoms with Gasteiger partial charge in [0.2, 0.25) is 5.43 Å². The van der Waals surface area contributed by atoms with Gasteiger partial charge in [0, 0.05) is 18.3 Å². The molecule has 7 heteroatoms. The smallest absolute Gasteiger partial charge is 0.257 e. The standard InChI is InChI=1S/C25H31FN2O4/c1-31-21-4-2-3-19-22(21)28(6-8-32-7-5-26)15-20(23(19)29)24(30)27-25-12-16-9-17(13-25)11-18(10-16)14-25/h2-4,15-18H,5-14H2,1H3,(H,27,30)/i26-1. The Kier molecular flexibility index (Phi) is 5.70. The molecule has 0 aliphatic heterocycles. The van der Waals surface area contributed by atoms with E-state index in [0.29, 0.717) is 41.0 Å². The lowest BCUT2D eigenvalue weighted by molar-refractivity contribution is -0.0167. The molecule has 0 spiro atoms. The molecule has 0 atom stereocenters. The van der Waals surface area contributed by atoms with Crippen LogP contribution in [-0.4, -0.2) is 43.0 Å². The van der Waals surface area contributed by atoms with Crippen LogP contribution in [0, 0.1) is 17.8 Å². The van der Waals surface area contributed by atoms with Gasteiger partial charge in [0.1, 0.15) is 18.0 Å². The van der Waals surface area contributed by atoms with E-state index in [2.05, 4.69) is 5.32 Å². The van der Waals surface area contributed by atoms with E-state index in [1.54, 1.807) is 31.5 Å². The lowest BCUT2D eigenvalue weighted by Crippen LogP contribution is -2.60. The Bertz CT molecular complexity index is 1040. The number of aromatic nitrogens is 1. The summed E-state index contributed by atoms with van der Waals surface area (Å²) in [6.45, 7) is 0.131. The van der Waals surface area contributed by atoms with Crippen molar-refractivity contribution in [2.45, 2.75) is 50.6 Å². The number of nitrogens with one attached hydrogen (secondary N) is 1. The zero-order valence-electron chi connectivity index (χ0n) is 18.6. The highest BCUT2D eigenvalue weighted by Gasteiger charge is 2.51. The maximum atomic E-state index is 13.4. The average molecular weight is 442 g/mol. The molecular weight excluding hydrogens is 410 g/mol. The SMILES string of the molecule is COc1cccc2c(=O)c(C(=O)NC34CC5CC(CC(C5)C3)C4)cn(CCOCC[18F])c12. The van der Waals surface area contributed by atoms with E-state index in [9.17, 15) is 14.0 Å². The third-order valence-electron chi connectivity index (χ3n) is 7.64. The number of fused-ring (bicyclic) bond motifs is 1. The zero-order chi connectivity index (χ0) is 22.3. The molecule has 2 aromatic rings. The Balaban J connectivity index is 1.48. The van der Waals surface area contributed by atoms with Crippen LogP contribution in [0.4, 0.5) is 4.39 Å². The average Bonchev–Trinajstić information content (AvgIpc) is 2.76. The van der Waals surface area contributed by atoms with Gasteiger partial charge >= 0.3 is 0 Å². The molecule has 6 rings (SSSR count). The molecule has 1 N–H and O–H groups in total. The normalized spacial score (nSPS) is 28.2. The van der Waals surface area contributed by atoms with Gasteiger partial charge in [-0.1, -0.05) is 6.07 Å². The van der Waals surface area contributed by atoms with E-state index in [0.717, 1.165) is 19.3 Å². The molecule has 0 saturated heterocycles. The second-order valence-corrected chi connectivity index (χ2v) is 9.88. The van der Waals surface area contributed by atoms with Gasteiger partial charge in [-0.3, -0.25) is 9.59 Å². The maximum absolute atomic E-state index is 13.4. The number of amides is 1. The number of halogens is 1. The van der Waals surface area contributed by atoms with E-state index in [1.807, 2.05) is 4.57 Å². The van der Waals surface area contributed by atoms with Crippen LogP contribution in [0.1, 0.15) is 48.9 Å². The minimum Gasteiger partial charge on any atom is -0.495 e. The van der Waals surface area contributed by atoms with E-state index in [1.165, 1.54) is 19.3 Å². The van der Waals surface area contributed by atoms with E-state index >= 15 is 0 Å². The summed E-state index contributed by atoms with van der Waals surface area (Å²) in [6, 6.07) is 5.27. The quantitative estimate of drug-likeness (QED) is 0.635. The first-order valence-corrected chi connectivity index (χ1v) is 11.7. The minimum atomic E-state index is -0.549. The fourth-order valence-electron chi connectivity index (χ4n) is 6.82. The van der Waals surface area contributed by atoms with Gasteiger partial charge in [0.05, 0.1) is 31.2 Å². The molecule has 172 valence electrons. The van der Waals surface area contributed by atoms with Gasteiger partial charge in [-0.15, -0.1) is 0 Å². The van der Waals surface area contributed by atoms with Crippen LogP contribution in [0.2, 0.25) is 0 Å². The van der Waals surface area contributed by atoms with Crippen LogP contribution in [0.15, 0.2) is 29.2 Å². The predicted octanol–water partition coefficient (Wildman–Crippen LogP) is 3.69. The number of ether oxygens (including phenoxy) is 2. The topological polar surface area (TPSA) is 69.6 Å². The van der Waals surface area contributed by atoms with Crippen molar-refractivity contribution in [2.24, 2.45) is 17.8 Å². The van der Waals surface area contributed by atoms with Crippen molar-refractivity contribution in [1.82, 2.24) is 9.88 Å². The molecule has 4 fully saturated rings. The van der Waals surface area contributed by atoms with Crippen LogP contribution in [0.5, 0.6) is 5.75 Å². The summed E-state index contributed by atoms with van der Waals surface area (Å²) in [7, 11) is 1.55. The van der Waals surface area contributed by atoms with Gasteiger partial charge in [0.15, 0.2) is 0 Å². The third-order valence-corrected chi connectivity index (χ3v) is 7.64. The number of pyridine rings is 1. The highest BCUT2D eigenvalue weighted by Crippen LogP contribution is 2.55. The summed E-state index contributed by atoms with van der Waals surface area (Å²) in [5.74, 6) is 2.36. The van der Waals surface area contributed by atoms with Crippen LogP contribution < -0.4 is 15.5 Å². The number of rotatable bonds is 8. The number of benzene rings is 1. The maximum Gasteiger partial charge on any atom is 0.257 e. The van der Waals surface area contributed by atoms with Crippen LogP contribution >= 0.6 is 0 Å². The summed E-state index contributed by atoms with van der Waals surface area (Å²) in [6.07, 6.45) is 8.55. The van der Waals surface area contributed by atoms with Crippen molar-refractivity contribution in [3.63, 3.8) is 0 Å². The van der Waals surface area contributed by atoms with Crippen molar-refractivity contribution in [2.75, 3.05) is 27.0 Å². The summed E-state index contributed by atoms with van der Waals surface area (Å²) in [4.78, 5) is 26.8. The molecule has 0 unspecified atom stereocenters. The highest BCUT2D eigenvalue weighted by molar-refractivity contribution is 5.98. The fourth-order valence-corrected chi connectivity index (χ4v) is 6.82. The van der Waals surface area contributed by atoms with Gasteiger partial charge in [-0.2, -0.15) is 0 Å². The summed E-state index contributed by atoms with van der Waals surface area (Å²) in [5, 5.41) is 3.75. The Morgan fingerprint density at radius 1 is 1.16 bits per heavy atom. The molecule has 4 bridgehead atoms.